The van der Waals surface area contributed by atoms with E-state index >= 15 is 4.39 Å². The molecule has 2 N–H and O–H groups in total. The quantitative estimate of drug-likeness (QED) is 0.211. The molecule has 0 aliphatic carbocycles. The van der Waals surface area contributed by atoms with Gasteiger partial charge in [0.2, 0.25) is 0 Å². The lowest BCUT2D eigenvalue weighted by atomic mass is 9.96. The summed E-state index contributed by atoms with van der Waals surface area (Å²) in [6, 6.07) is 13.6. The Labute approximate surface area is 295 Å². The summed E-state index contributed by atoms with van der Waals surface area (Å²) in [7, 11) is 0. The van der Waals surface area contributed by atoms with Gasteiger partial charge in [0.15, 0.2) is 5.65 Å². The van der Waals surface area contributed by atoms with Crippen molar-refractivity contribution in [3.63, 3.8) is 0 Å². The lowest BCUT2D eigenvalue weighted by Gasteiger charge is -2.46. The first-order valence-electron chi connectivity index (χ1n) is 19.9. The molecular formula is C36H40FN9O3. The van der Waals surface area contributed by atoms with E-state index in [0.29, 0.717) is 39.4 Å². The summed E-state index contributed by atoms with van der Waals surface area (Å²) in [5.74, 6) is -0.563. The van der Waals surface area contributed by atoms with Gasteiger partial charge in [-0.05, 0) is 57.0 Å². The molecule has 3 aliphatic rings. The van der Waals surface area contributed by atoms with E-state index in [1.54, 1.807) is 35.0 Å². The number of nitrogen functional groups attached to an aromatic ring is 1. The van der Waals surface area contributed by atoms with Gasteiger partial charge in [-0.3, -0.25) is 14.6 Å². The van der Waals surface area contributed by atoms with E-state index in [1.165, 1.54) is 37.2 Å². The van der Waals surface area contributed by atoms with Crippen LogP contribution in [0.4, 0.5) is 10.2 Å². The molecule has 3 saturated heterocycles. The maximum atomic E-state index is 15.8. The summed E-state index contributed by atoms with van der Waals surface area (Å²) < 4.78 is 98.9. The van der Waals surface area contributed by atoms with E-state index in [4.69, 9.17) is 31.3 Å². The molecule has 13 heteroatoms. The molecule has 254 valence electrons. The molecule has 2 aromatic heterocycles. The number of carbonyl (C=O) groups excluding carboxylic acids is 1. The number of benzene rings is 2. The first-order valence-corrected chi connectivity index (χ1v) is 15.9. The number of likely N-dealkylation sites (tertiary alicyclic amines) is 1. The lowest BCUT2D eigenvalue weighted by molar-refractivity contribution is -0.128. The number of rotatable bonds is 8. The van der Waals surface area contributed by atoms with Crippen LogP contribution in [0.15, 0.2) is 66.5 Å². The molecule has 3 fully saturated rings. The van der Waals surface area contributed by atoms with E-state index < -0.39 is 60.9 Å². The molecule has 0 unspecified atom stereocenters. The number of fused-ring (bicyclic) bond motifs is 1. The number of nitrogens with zero attached hydrogens (tertiary/aromatic N) is 8. The molecule has 1 atom stereocenters. The average Bonchev–Trinajstić information content (AvgIpc) is 3.52. The van der Waals surface area contributed by atoms with Crippen LogP contribution in [0.2, 0.25) is 0 Å². The fraction of sp³-hybridized carbons (Fsp3) is 0.417. The molecule has 1 amide bonds. The van der Waals surface area contributed by atoms with Gasteiger partial charge in [0, 0.05) is 67.2 Å². The highest BCUT2D eigenvalue weighted by atomic mass is 19.1. The monoisotopic (exact) mass is 673 g/mol. The number of nitrogens with two attached hydrogens (primary N) is 1. The number of piperazine rings is 1. The third-order valence-electron chi connectivity index (χ3n) is 8.70. The second kappa shape index (κ2) is 13.5. The smallest absolute Gasteiger partial charge is 0.264 e. The number of nitriles is 1. The molecule has 12 nitrogen and oxygen atoms in total. The van der Waals surface area contributed by atoms with Crippen molar-refractivity contribution in [2.45, 2.75) is 44.3 Å². The van der Waals surface area contributed by atoms with E-state index in [-0.39, 0.29) is 49.1 Å². The number of aromatic nitrogens is 4. The summed E-state index contributed by atoms with van der Waals surface area (Å²) >= 11 is 0. The Hall–Kier alpha value is -4.90. The van der Waals surface area contributed by atoms with E-state index in [2.05, 4.69) is 9.97 Å². The summed E-state index contributed by atoms with van der Waals surface area (Å²) in [6.45, 7) is -9.89. The number of anilines is 1. The molecule has 0 bridgehead atoms. The van der Waals surface area contributed by atoms with Crippen molar-refractivity contribution in [1.82, 2.24) is 34.4 Å². The fourth-order valence-corrected chi connectivity index (χ4v) is 5.99. The molecule has 3 aliphatic heterocycles. The predicted molar refractivity (Wildman–Crippen MR) is 182 cm³/mol. The van der Waals surface area contributed by atoms with Gasteiger partial charge in [0.1, 0.15) is 46.8 Å². The molecule has 5 heterocycles. The van der Waals surface area contributed by atoms with Crippen LogP contribution in [-0.2, 0) is 9.53 Å². The summed E-state index contributed by atoms with van der Waals surface area (Å²) in [4.78, 5) is 25.0. The number of hydrogen-bond donors (Lipinski definition) is 1. The van der Waals surface area contributed by atoms with Crippen molar-refractivity contribution in [3.8, 4) is 28.8 Å². The number of amides is 1. The normalized spacial score (nSPS) is 26.4. The molecule has 0 saturated carbocycles. The van der Waals surface area contributed by atoms with Gasteiger partial charge in [-0.25, -0.2) is 19.0 Å². The summed E-state index contributed by atoms with van der Waals surface area (Å²) in [5.41, 5.74) is 4.46. The first kappa shape index (κ1) is 24.3. The Morgan fingerprint density at radius 2 is 1.90 bits per heavy atom. The van der Waals surface area contributed by atoms with Crippen LogP contribution in [0.3, 0.4) is 0 Å². The molecule has 0 spiro atoms. The molecular weight excluding hydrogens is 625 g/mol. The van der Waals surface area contributed by atoms with Crippen LogP contribution in [0.1, 0.15) is 43.7 Å². The Kier molecular flexibility index (Phi) is 6.71. The average molecular weight is 674 g/mol. The predicted octanol–water partition coefficient (Wildman–Crippen LogP) is 4.42. The van der Waals surface area contributed by atoms with Crippen molar-refractivity contribution in [3.05, 3.63) is 72.3 Å². The van der Waals surface area contributed by atoms with Crippen LogP contribution in [-0.4, -0.2) is 104 Å². The number of para-hydroxylation sites is 1. The zero-order valence-corrected chi connectivity index (χ0v) is 26.9. The number of hydrogen-bond acceptors (Lipinski definition) is 10. The SMILES string of the molecule is [2H]C1([2H])N(C2COC2)C([2H])([2H])C([2H])([2H])N(C(C)(C)/C=C(\C#N)C(=O)N2CCC[C@H](n3nc(-c4ccc(Oc5ccccc5)cc4F)c4c(N)ncnc43)C2)C1([2H])[2H]. The highest BCUT2D eigenvalue weighted by molar-refractivity contribution is 5.99. The first-order chi connectivity index (χ1) is 26.7. The zero-order chi connectivity index (χ0) is 41.3. The Bertz CT molecular complexity index is 2250. The number of halogens is 1. The van der Waals surface area contributed by atoms with Crippen LogP contribution in [0, 0.1) is 17.1 Å². The van der Waals surface area contributed by atoms with E-state index in [0.717, 1.165) is 6.08 Å². The van der Waals surface area contributed by atoms with Crippen molar-refractivity contribution < 1.29 is 29.6 Å². The van der Waals surface area contributed by atoms with Gasteiger partial charge in [-0.15, -0.1) is 0 Å². The minimum absolute atomic E-state index is 0.0135. The third kappa shape index (κ3) is 6.59. The molecule has 49 heavy (non-hydrogen) atoms. The van der Waals surface area contributed by atoms with Gasteiger partial charge < -0.3 is 20.1 Å². The lowest BCUT2D eigenvalue weighted by Crippen LogP contribution is -2.59. The maximum absolute atomic E-state index is 15.8. The highest BCUT2D eigenvalue weighted by Crippen LogP contribution is 2.36. The second-order valence-corrected chi connectivity index (χ2v) is 12.5. The number of carbonyl (C=O) groups is 1. The van der Waals surface area contributed by atoms with Gasteiger partial charge in [-0.2, -0.15) is 10.4 Å². The van der Waals surface area contributed by atoms with Gasteiger partial charge in [0.05, 0.1) is 30.7 Å². The Balaban J connectivity index is 1.18. The Morgan fingerprint density at radius 3 is 2.59 bits per heavy atom. The van der Waals surface area contributed by atoms with Crippen molar-refractivity contribution in [1.29, 1.82) is 5.26 Å². The molecule has 0 radical (unpaired) electrons. The van der Waals surface area contributed by atoms with Crippen LogP contribution >= 0.6 is 0 Å². The van der Waals surface area contributed by atoms with Crippen molar-refractivity contribution >= 4 is 22.8 Å². The maximum Gasteiger partial charge on any atom is 0.264 e. The fourth-order valence-electron chi connectivity index (χ4n) is 5.99. The summed E-state index contributed by atoms with van der Waals surface area (Å²) in [6.07, 6.45) is 3.26. The van der Waals surface area contributed by atoms with Crippen LogP contribution in [0.25, 0.3) is 22.3 Å². The van der Waals surface area contributed by atoms with Crippen LogP contribution < -0.4 is 10.5 Å². The summed E-state index contributed by atoms with van der Waals surface area (Å²) in [5, 5.41) is 15.3. The minimum atomic E-state index is -3.17. The molecule has 4 aromatic rings. The largest absolute Gasteiger partial charge is 0.457 e. The van der Waals surface area contributed by atoms with Crippen LogP contribution in [0.5, 0.6) is 11.5 Å². The van der Waals surface area contributed by atoms with Gasteiger partial charge >= 0.3 is 0 Å². The van der Waals surface area contributed by atoms with E-state index in [1.807, 2.05) is 12.1 Å². The third-order valence-corrected chi connectivity index (χ3v) is 8.70. The van der Waals surface area contributed by atoms with Gasteiger partial charge in [-0.1, -0.05) is 18.2 Å². The Morgan fingerprint density at radius 1 is 1.12 bits per heavy atom. The molecule has 2 aromatic carbocycles. The highest BCUT2D eigenvalue weighted by Gasteiger charge is 2.35. The number of piperidine rings is 1. The molecule has 7 rings (SSSR count). The standard InChI is InChI=1S/C36H40FN9O3/c1-36(2,45-15-13-43(14-16-45)26-21-48-22-26)18-24(19-38)35(47)44-12-6-7-25(20-44)46-34-31(33(39)40-23-41-34)32(42-46)29-11-10-28(17-30(29)37)49-27-8-4-3-5-9-27/h3-5,8-11,17-18,23,25-26H,6-7,12-16,20-22H2,1-2H3,(H2,39,40,41)/b24-18+/t25-/m0/s1/i13D2,14D2,15D2,16D2. The van der Waals surface area contributed by atoms with Gasteiger partial charge in [0.25, 0.3) is 5.91 Å². The minimum Gasteiger partial charge on any atom is -0.457 e. The number of ether oxygens (including phenoxy) is 2. The van der Waals surface area contributed by atoms with Crippen molar-refractivity contribution in [2.24, 2.45) is 0 Å². The van der Waals surface area contributed by atoms with Crippen molar-refractivity contribution in [2.75, 3.05) is 58.0 Å². The zero-order valence-electron chi connectivity index (χ0n) is 34.9. The second-order valence-electron chi connectivity index (χ2n) is 12.5. The van der Waals surface area contributed by atoms with E-state index in [9.17, 15) is 10.1 Å². The topological polar surface area (TPSA) is 139 Å².